The molecule has 0 bridgehead atoms. The van der Waals surface area contributed by atoms with Gasteiger partial charge >= 0.3 is 0 Å². The van der Waals surface area contributed by atoms with E-state index in [-0.39, 0.29) is 0 Å². The molecule has 72 valence electrons. The van der Waals surface area contributed by atoms with Crippen molar-refractivity contribution in [2.75, 3.05) is 0 Å². The molecule has 0 spiro atoms. The second-order valence-corrected chi connectivity index (χ2v) is 4.30. The normalized spacial score (nSPS) is 10.7. The van der Waals surface area contributed by atoms with E-state index in [4.69, 9.17) is 0 Å². The number of hydrogen-bond acceptors (Lipinski definition) is 0. The summed E-state index contributed by atoms with van der Waals surface area (Å²) in [5.41, 5.74) is 0. The minimum atomic E-state index is 0.903. The van der Waals surface area contributed by atoms with Crippen LogP contribution in [0.5, 0.6) is 0 Å². The van der Waals surface area contributed by atoms with Crippen LogP contribution in [0.4, 0.5) is 0 Å². The minimum Gasteiger partial charge on any atom is -0.0772 e. The summed E-state index contributed by atoms with van der Waals surface area (Å²) in [7, 11) is 1.42. The van der Waals surface area contributed by atoms with E-state index in [1.807, 2.05) is 0 Å². The van der Waals surface area contributed by atoms with E-state index in [1.54, 1.807) is 0 Å². The van der Waals surface area contributed by atoms with Gasteiger partial charge in [-0.25, -0.2) is 0 Å². The second-order valence-electron chi connectivity index (χ2n) is 4.30. The van der Waals surface area contributed by atoms with Crippen LogP contribution in [0.2, 0.25) is 12.1 Å². The molecule has 0 aromatic heterocycles. The molecule has 1 heteroatoms. The monoisotopic (exact) mass is 168 g/mol. The Hall–Kier alpha value is 0.0649. The maximum Gasteiger partial charge on any atom is 0.123 e. The summed E-state index contributed by atoms with van der Waals surface area (Å²) in [6.45, 7) is 6.91. The van der Waals surface area contributed by atoms with Gasteiger partial charge in [0.2, 0.25) is 0 Å². The van der Waals surface area contributed by atoms with Crippen molar-refractivity contribution in [3.63, 3.8) is 0 Å². The maximum atomic E-state index is 2.32. The van der Waals surface area contributed by atoms with Gasteiger partial charge in [0.25, 0.3) is 0 Å². The lowest BCUT2D eigenvalue weighted by Gasteiger charge is -2.01. The lowest BCUT2D eigenvalue weighted by atomic mass is 9.63. The second kappa shape index (κ2) is 9.16. The fourth-order valence-electron chi connectivity index (χ4n) is 1.51. The van der Waals surface area contributed by atoms with Crippen LogP contribution >= 0.6 is 0 Å². The molecule has 0 radical (unpaired) electrons. The highest BCUT2D eigenvalue weighted by Gasteiger charge is 1.96. The van der Waals surface area contributed by atoms with E-state index in [2.05, 4.69) is 20.8 Å². The lowest BCUT2D eigenvalue weighted by Crippen LogP contribution is -1.93. The van der Waals surface area contributed by atoms with Crippen molar-refractivity contribution in [2.24, 2.45) is 0 Å². The average molecular weight is 168 g/mol. The van der Waals surface area contributed by atoms with Crippen molar-refractivity contribution >= 4 is 7.28 Å². The molecular formula is C11H25B. The van der Waals surface area contributed by atoms with Crippen molar-refractivity contribution in [3.8, 4) is 0 Å². The lowest BCUT2D eigenvalue weighted by molar-refractivity contribution is 0.623. The zero-order valence-electron chi connectivity index (χ0n) is 9.23. The molecule has 0 fully saturated rings. The van der Waals surface area contributed by atoms with Gasteiger partial charge in [-0.2, -0.15) is 0 Å². The van der Waals surface area contributed by atoms with Gasteiger partial charge in [0.15, 0.2) is 0 Å². The van der Waals surface area contributed by atoms with E-state index in [9.17, 15) is 0 Å². The molecule has 0 N–H and O–H groups in total. The van der Waals surface area contributed by atoms with Gasteiger partial charge in [-0.15, -0.1) is 0 Å². The van der Waals surface area contributed by atoms with Crippen LogP contribution in [0, 0.1) is 0 Å². The number of rotatable bonds is 8. The van der Waals surface area contributed by atoms with Crippen LogP contribution in [0.25, 0.3) is 0 Å². The molecule has 0 nitrogen and oxygen atoms in total. The molecule has 12 heavy (non-hydrogen) atoms. The first kappa shape index (κ1) is 12.1. The highest BCUT2D eigenvalue weighted by Crippen LogP contribution is 2.09. The number of hydrogen-bond donors (Lipinski definition) is 0. The molecule has 0 aromatic carbocycles. The van der Waals surface area contributed by atoms with Gasteiger partial charge in [-0.3, -0.25) is 0 Å². The third-order valence-electron chi connectivity index (χ3n) is 2.39. The van der Waals surface area contributed by atoms with Gasteiger partial charge < -0.3 is 0 Å². The molecule has 0 saturated carbocycles. The average Bonchev–Trinajstić information content (AvgIpc) is 2.02. The van der Waals surface area contributed by atoms with Crippen LogP contribution in [-0.4, -0.2) is 7.28 Å². The first-order valence-electron chi connectivity index (χ1n) is 5.77. The number of unbranched alkanes of at least 4 members (excludes halogenated alkanes) is 5. The summed E-state index contributed by atoms with van der Waals surface area (Å²) in [4.78, 5) is 0. The molecule has 0 aliphatic heterocycles. The Morgan fingerprint density at radius 1 is 0.917 bits per heavy atom. The predicted octanol–water partition coefficient (Wildman–Crippen LogP) is 4.03. The van der Waals surface area contributed by atoms with Crippen LogP contribution in [0.15, 0.2) is 0 Å². The first-order valence-corrected chi connectivity index (χ1v) is 5.77. The third kappa shape index (κ3) is 10.1. The summed E-state index contributed by atoms with van der Waals surface area (Å²) >= 11 is 0. The molecule has 0 atom stereocenters. The van der Waals surface area contributed by atoms with Crippen molar-refractivity contribution in [1.82, 2.24) is 0 Å². The summed E-state index contributed by atoms with van der Waals surface area (Å²) in [5, 5.41) is 0. The topological polar surface area (TPSA) is 0 Å². The molecule has 0 aromatic rings. The van der Waals surface area contributed by atoms with E-state index in [0.717, 1.165) is 5.82 Å². The van der Waals surface area contributed by atoms with Gasteiger partial charge in [0, 0.05) is 0 Å². The molecule has 0 saturated heterocycles. The summed E-state index contributed by atoms with van der Waals surface area (Å²) < 4.78 is 0. The van der Waals surface area contributed by atoms with Gasteiger partial charge in [-0.1, -0.05) is 71.4 Å². The zero-order chi connectivity index (χ0) is 9.23. The van der Waals surface area contributed by atoms with Crippen LogP contribution in [0.1, 0.15) is 59.3 Å². The fourth-order valence-corrected chi connectivity index (χ4v) is 1.51. The molecule has 0 unspecified atom stereocenters. The smallest absolute Gasteiger partial charge is 0.0772 e. The molecule has 0 aliphatic rings. The van der Waals surface area contributed by atoms with E-state index in [1.165, 1.54) is 52.1 Å². The first-order chi connectivity index (χ1) is 5.77. The van der Waals surface area contributed by atoms with Crippen LogP contribution in [0.3, 0.4) is 0 Å². The Kier molecular flexibility index (Phi) is 9.20. The SMILES string of the molecule is CCCCCCCCBC(C)C. The standard InChI is InChI=1S/C11H25B/c1-4-5-6-7-8-9-10-12-11(2)3/h11-12H,4-10H2,1-3H3. The Labute approximate surface area is 79.4 Å². The molecule has 0 rings (SSSR count). The summed E-state index contributed by atoms with van der Waals surface area (Å²) in [5.74, 6) is 0.903. The van der Waals surface area contributed by atoms with Crippen molar-refractivity contribution in [1.29, 1.82) is 0 Å². The van der Waals surface area contributed by atoms with Gasteiger partial charge in [0.05, 0.1) is 0 Å². The van der Waals surface area contributed by atoms with E-state index < -0.39 is 0 Å². The van der Waals surface area contributed by atoms with Crippen molar-refractivity contribution < 1.29 is 0 Å². The fraction of sp³-hybridized carbons (Fsp3) is 1.00. The molecule has 0 aliphatic carbocycles. The minimum absolute atomic E-state index is 0.903. The van der Waals surface area contributed by atoms with Gasteiger partial charge in [-0.05, 0) is 0 Å². The Morgan fingerprint density at radius 2 is 1.50 bits per heavy atom. The quantitative estimate of drug-likeness (QED) is 0.379. The van der Waals surface area contributed by atoms with Crippen molar-refractivity contribution in [3.05, 3.63) is 0 Å². The van der Waals surface area contributed by atoms with Gasteiger partial charge in [0.1, 0.15) is 7.28 Å². The largest absolute Gasteiger partial charge is 0.123 e. The van der Waals surface area contributed by atoms with E-state index >= 15 is 0 Å². The van der Waals surface area contributed by atoms with Crippen molar-refractivity contribution in [2.45, 2.75) is 71.4 Å². The zero-order valence-corrected chi connectivity index (χ0v) is 9.23. The Morgan fingerprint density at radius 3 is 2.08 bits per heavy atom. The highest BCUT2D eigenvalue weighted by atomic mass is 13.9. The van der Waals surface area contributed by atoms with Crippen LogP contribution in [-0.2, 0) is 0 Å². The summed E-state index contributed by atoms with van der Waals surface area (Å²) in [6, 6.07) is 0. The molecule has 0 amide bonds. The predicted molar refractivity (Wildman–Crippen MR) is 60.4 cm³/mol. The van der Waals surface area contributed by atoms with E-state index in [0.29, 0.717) is 0 Å². The van der Waals surface area contributed by atoms with Crippen LogP contribution < -0.4 is 0 Å². The maximum absolute atomic E-state index is 2.32. The Bertz CT molecular complexity index is 79.1. The highest BCUT2D eigenvalue weighted by molar-refractivity contribution is 6.37. The Balaban J connectivity index is 2.82. The third-order valence-corrected chi connectivity index (χ3v) is 2.39. The molecule has 0 heterocycles. The molecular weight excluding hydrogens is 143 g/mol. The summed E-state index contributed by atoms with van der Waals surface area (Å²) in [6.07, 6.45) is 10.1.